The van der Waals surface area contributed by atoms with E-state index < -0.39 is 78.6 Å². The number of hydrogen-bond donors (Lipinski definition) is 0. The summed E-state index contributed by atoms with van der Waals surface area (Å²) < 4.78 is 131. The van der Waals surface area contributed by atoms with Gasteiger partial charge in [0, 0.05) is 16.3 Å². The van der Waals surface area contributed by atoms with Crippen LogP contribution in [0.15, 0.2) is 174 Å². The van der Waals surface area contributed by atoms with Gasteiger partial charge in [0.05, 0.1) is 19.2 Å². The monoisotopic (exact) mass is 586 g/mol. The van der Waals surface area contributed by atoms with Gasteiger partial charge in [-0.15, -0.1) is 0 Å². The number of benzene rings is 8. The average molecular weight is 587 g/mol. The highest BCUT2D eigenvalue weighted by molar-refractivity contribution is 6.27. The third-order valence-corrected chi connectivity index (χ3v) is 8.17. The normalized spacial score (nSPS) is 15.9. The van der Waals surface area contributed by atoms with Crippen LogP contribution in [0, 0.1) is 0 Å². The van der Waals surface area contributed by atoms with Crippen LogP contribution in [0.5, 0.6) is 0 Å². The van der Waals surface area contributed by atoms with Crippen molar-refractivity contribution >= 4 is 43.5 Å². The molecule has 45 heavy (non-hydrogen) atoms. The van der Waals surface area contributed by atoms with E-state index in [1.54, 1.807) is 78.9 Å². The summed E-state index contributed by atoms with van der Waals surface area (Å²) >= 11 is 0. The molecule has 1 nitrogen and oxygen atoms in total. The molecule has 8 aromatic carbocycles. The molecule has 9 rings (SSSR count). The van der Waals surface area contributed by atoms with Crippen LogP contribution >= 0.6 is 0 Å². The van der Waals surface area contributed by atoms with E-state index in [2.05, 4.69) is 0 Å². The van der Waals surface area contributed by atoms with Gasteiger partial charge in [-0.25, -0.2) is 0 Å². The molecule has 0 unspecified atom stereocenters. The molecule has 0 aliphatic carbocycles. The molecule has 0 saturated carbocycles. The molecule has 0 radical (unpaired) electrons. The van der Waals surface area contributed by atoms with E-state index in [9.17, 15) is 5.48 Å². The van der Waals surface area contributed by atoms with Gasteiger partial charge in [-0.1, -0.05) is 157 Å². The highest BCUT2D eigenvalue weighted by Crippen LogP contribution is 2.49. The van der Waals surface area contributed by atoms with Gasteiger partial charge >= 0.3 is 0 Å². The summed E-state index contributed by atoms with van der Waals surface area (Å²) in [6.45, 7) is 0. The van der Waals surface area contributed by atoms with Crippen molar-refractivity contribution < 1.29 is 23.6 Å². The Balaban J connectivity index is 1.56. The van der Waals surface area contributed by atoms with E-state index in [-0.39, 0.29) is 61.0 Å². The summed E-state index contributed by atoms with van der Waals surface area (Å²) in [5.41, 5.74) is 2.64. The topological polar surface area (TPSA) is 13.1 Å². The van der Waals surface area contributed by atoms with Gasteiger partial charge < -0.3 is 4.42 Å². The summed E-state index contributed by atoms with van der Waals surface area (Å²) in [6.07, 6.45) is 0. The molecule has 1 heterocycles. The summed E-state index contributed by atoms with van der Waals surface area (Å²) in [4.78, 5) is 0. The van der Waals surface area contributed by atoms with Crippen molar-refractivity contribution in [1.29, 1.82) is 0 Å². The van der Waals surface area contributed by atoms with Crippen molar-refractivity contribution in [3.8, 4) is 44.5 Å². The lowest BCUT2D eigenvalue weighted by Gasteiger charge is -2.20. The molecule has 0 aliphatic heterocycles. The molecule has 0 aliphatic rings. The van der Waals surface area contributed by atoms with Crippen LogP contribution in [0.4, 0.5) is 0 Å². The predicted octanol–water partition coefficient (Wildman–Crippen LogP) is 12.6. The zero-order valence-electron chi connectivity index (χ0n) is 37.5. The highest BCUT2D eigenvalue weighted by atomic mass is 16.3. The van der Waals surface area contributed by atoms with Gasteiger partial charge in [-0.05, 0) is 72.6 Å². The Morgan fingerprint density at radius 1 is 0.378 bits per heavy atom. The zero-order valence-corrected chi connectivity index (χ0v) is 23.5. The quantitative estimate of drug-likeness (QED) is 0.187. The van der Waals surface area contributed by atoms with E-state index in [1.165, 1.54) is 6.07 Å². The van der Waals surface area contributed by atoms with Crippen LogP contribution < -0.4 is 0 Å². The van der Waals surface area contributed by atoms with Crippen molar-refractivity contribution in [3.05, 3.63) is 170 Å². The van der Waals surface area contributed by atoms with E-state index >= 15 is 0 Å². The molecule has 210 valence electrons. The van der Waals surface area contributed by atoms with Crippen LogP contribution in [0.2, 0.25) is 0 Å². The first kappa shape index (κ1) is 15.2. The maximum atomic E-state index is 9.51. The molecule has 9 aromatic rings. The van der Waals surface area contributed by atoms with Gasteiger partial charge in [0.15, 0.2) is 0 Å². The zero-order chi connectivity index (χ0) is 41.9. The van der Waals surface area contributed by atoms with Crippen LogP contribution in [0.1, 0.15) is 19.2 Å². The number of hydrogen-bond acceptors (Lipinski definition) is 1. The molecule has 1 aromatic heterocycles. The number of rotatable bonds is 4. The molecule has 0 amide bonds. The lowest BCUT2D eigenvalue weighted by atomic mass is 9.83. The molecule has 0 saturated heterocycles. The Labute approximate surface area is 281 Å². The molecule has 0 atom stereocenters. The first-order valence-corrected chi connectivity index (χ1v) is 14.3. The Hall–Kier alpha value is -5.92. The lowest BCUT2D eigenvalue weighted by Crippen LogP contribution is -1.93. The number of furan rings is 1. The van der Waals surface area contributed by atoms with Gasteiger partial charge in [0.1, 0.15) is 11.2 Å². The fourth-order valence-electron chi connectivity index (χ4n) is 6.30. The minimum atomic E-state index is -0.572. The van der Waals surface area contributed by atoms with Gasteiger partial charge in [0.2, 0.25) is 0 Å². The SMILES string of the molecule is [2H]c1ccc(-c2ccccc2-c2c3c([2H])c([2H])c([2H])c([2H])c3c(-c3ccc(-c4c([2H])c([2H])c([2H])c([2H])c4[2H])c4oc5ccccc5c34)c3c([2H])c([2H])c([2H])c([2H])c23)cc1. The third kappa shape index (κ3) is 4.02. The second kappa shape index (κ2) is 10.4. The van der Waals surface area contributed by atoms with Crippen molar-refractivity contribution in [2.45, 2.75) is 0 Å². The summed E-state index contributed by atoms with van der Waals surface area (Å²) in [5, 5.41) is 0.786. The average Bonchev–Trinajstić information content (AvgIpc) is 3.64. The van der Waals surface area contributed by atoms with Crippen molar-refractivity contribution in [2.24, 2.45) is 0 Å². The molecule has 1 heteroatoms. The molecule has 0 bridgehead atoms. The summed E-state index contributed by atoms with van der Waals surface area (Å²) in [7, 11) is 0. The van der Waals surface area contributed by atoms with E-state index in [4.69, 9.17) is 18.1 Å². The predicted molar refractivity (Wildman–Crippen MR) is 190 cm³/mol. The first-order valence-electron chi connectivity index (χ1n) is 21.3. The fraction of sp³-hybridized carbons (Fsp3) is 0. The Bertz CT molecular complexity index is 3210. The fourth-order valence-corrected chi connectivity index (χ4v) is 6.30. The molecular formula is C44H28O. The van der Waals surface area contributed by atoms with E-state index in [0.717, 1.165) is 0 Å². The number of para-hydroxylation sites is 1. The van der Waals surface area contributed by atoms with Crippen molar-refractivity contribution in [1.82, 2.24) is 0 Å². The lowest BCUT2D eigenvalue weighted by molar-refractivity contribution is 0.670. The largest absolute Gasteiger partial charge is 0.455 e. The van der Waals surface area contributed by atoms with Gasteiger partial charge in [-0.2, -0.15) is 0 Å². The first-order chi connectivity index (χ1) is 28.1. The highest BCUT2D eigenvalue weighted by Gasteiger charge is 2.22. The van der Waals surface area contributed by atoms with Gasteiger partial charge in [0.25, 0.3) is 0 Å². The number of fused-ring (bicyclic) bond motifs is 5. The Morgan fingerprint density at radius 2 is 0.933 bits per heavy atom. The minimum Gasteiger partial charge on any atom is -0.455 e. The summed E-state index contributed by atoms with van der Waals surface area (Å²) in [5.74, 6) is 0. The Kier molecular flexibility index (Phi) is 3.50. The summed E-state index contributed by atoms with van der Waals surface area (Å²) in [6, 6.07) is 17.4. The molecule has 0 N–H and O–H groups in total. The second-order valence-electron chi connectivity index (χ2n) is 10.5. The smallest absolute Gasteiger partial charge is 0.143 e. The van der Waals surface area contributed by atoms with E-state index in [1.807, 2.05) is 0 Å². The van der Waals surface area contributed by atoms with Crippen molar-refractivity contribution in [2.75, 3.05) is 0 Å². The molecular weight excluding hydrogens is 544 g/mol. The van der Waals surface area contributed by atoms with Crippen LogP contribution in [-0.2, 0) is 0 Å². The third-order valence-electron chi connectivity index (χ3n) is 8.17. The molecule has 0 fully saturated rings. The molecule has 0 spiro atoms. The van der Waals surface area contributed by atoms with Gasteiger partial charge in [-0.3, -0.25) is 0 Å². The van der Waals surface area contributed by atoms with Crippen LogP contribution in [0.25, 0.3) is 88.0 Å². The Morgan fingerprint density at radius 3 is 1.62 bits per heavy atom. The van der Waals surface area contributed by atoms with Crippen molar-refractivity contribution in [3.63, 3.8) is 0 Å². The van der Waals surface area contributed by atoms with Crippen LogP contribution in [0.3, 0.4) is 0 Å². The standard InChI is InChI=1S/C44H28O/c1-3-15-29(16-4-1)31-19-7-8-20-33(31)41-34-21-9-11-23-36(34)42(37-24-12-10-22-35(37)41)39-28-27-32(30-17-5-2-6-18-30)44-43(39)38-25-13-14-26-40(38)45-44/h1-28H/i1D,2D,5D,6D,9D,10D,11D,12D,17D,18D,21D,22D,23D,24D. The maximum Gasteiger partial charge on any atom is 0.143 e. The van der Waals surface area contributed by atoms with E-state index in [0.29, 0.717) is 33.0 Å². The second-order valence-corrected chi connectivity index (χ2v) is 10.5. The minimum absolute atomic E-state index is 0.00346. The maximum absolute atomic E-state index is 9.51. The van der Waals surface area contributed by atoms with Crippen LogP contribution in [-0.4, -0.2) is 0 Å².